The number of ether oxygens (including phenoxy) is 2. The van der Waals surface area contributed by atoms with Gasteiger partial charge in [-0.3, -0.25) is 14.5 Å². The van der Waals surface area contributed by atoms with Crippen molar-refractivity contribution in [2.75, 3.05) is 13.2 Å². The van der Waals surface area contributed by atoms with E-state index in [1.807, 2.05) is 42.5 Å². The first-order valence-corrected chi connectivity index (χ1v) is 15.8. The Bertz CT molecular complexity index is 1200. The van der Waals surface area contributed by atoms with E-state index in [4.69, 9.17) is 9.47 Å². The van der Waals surface area contributed by atoms with E-state index in [9.17, 15) is 14.7 Å². The van der Waals surface area contributed by atoms with Crippen LogP contribution in [0, 0.1) is 0 Å². The van der Waals surface area contributed by atoms with Crippen molar-refractivity contribution >= 4 is 11.9 Å². The molecule has 0 spiro atoms. The van der Waals surface area contributed by atoms with Gasteiger partial charge in [-0.2, -0.15) is 0 Å². The zero-order valence-corrected chi connectivity index (χ0v) is 28.3. The second-order valence-corrected chi connectivity index (χ2v) is 15.5. The number of hydrogen-bond acceptors (Lipinski definition) is 6. The number of aryl methyl sites for hydroxylation is 2. The van der Waals surface area contributed by atoms with Crippen molar-refractivity contribution in [2.24, 2.45) is 0 Å². The van der Waals surface area contributed by atoms with Gasteiger partial charge in [0.05, 0.1) is 0 Å². The van der Waals surface area contributed by atoms with Gasteiger partial charge in [0.1, 0.15) is 18.5 Å². The van der Waals surface area contributed by atoms with Crippen molar-refractivity contribution in [3.63, 3.8) is 0 Å². The number of rotatable bonds is 10. The van der Waals surface area contributed by atoms with Crippen LogP contribution in [0.3, 0.4) is 0 Å². The molecule has 0 saturated carbocycles. The van der Waals surface area contributed by atoms with Crippen LogP contribution in [-0.4, -0.2) is 52.3 Å². The summed E-state index contributed by atoms with van der Waals surface area (Å²) in [4.78, 5) is 27.8. The molecule has 1 heterocycles. The summed E-state index contributed by atoms with van der Waals surface area (Å²) in [6.07, 6.45) is 3.21. The van der Waals surface area contributed by atoms with Crippen LogP contribution < -0.4 is 0 Å². The van der Waals surface area contributed by atoms with Gasteiger partial charge in [-0.05, 0) is 73.6 Å². The summed E-state index contributed by atoms with van der Waals surface area (Å²) < 4.78 is 11.7. The van der Waals surface area contributed by atoms with E-state index in [1.165, 1.54) is 0 Å². The van der Waals surface area contributed by atoms with E-state index in [-0.39, 0.29) is 46.4 Å². The zero-order valence-electron chi connectivity index (χ0n) is 28.3. The molecule has 0 radical (unpaired) electrons. The standard InChI is InChI=1S/C37H55NO5/c1-34(2,3)29-22-27(23-30(33(29)41)35(4,5)6)17-18-31(39)42-21-20-38-36(7,8)24-28(25-37(38,9)10)43-32(40)19-16-26-14-12-11-13-15-26/h11-15,22-23,28,41H,16-21,24-25H2,1-10H3. The van der Waals surface area contributed by atoms with Crippen molar-refractivity contribution in [2.45, 2.75) is 136 Å². The second kappa shape index (κ2) is 13.4. The quantitative estimate of drug-likeness (QED) is 0.285. The van der Waals surface area contributed by atoms with Gasteiger partial charge < -0.3 is 14.6 Å². The van der Waals surface area contributed by atoms with Crippen LogP contribution in [0.15, 0.2) is 42.5 Å². The Kier molecular flexibility index (Phi) is 10.8. The van der Waals surface area contributed by atoms with Crippen LogP contribution in [0.25, 0.3) is 0 Å². The number of phenolic OH excluding ortho intramolecular Hbond substituents is 1. The maximum absolute atomic E-state index is 12.8. The van der Waals surface area contributed by atoms with Crippen molar-refractivity contribution in [1.82, 2.24) is 4.90 Å². The second-order valence-electron chi connectivity index (χ2n) is 15.5. The number of nitrogens with zero attached hydrogens (tertiary/aromatic N) is 1. The minimum Gasteiger partial charge on any atom is -0.507 e. The highest BCUT2D eigenvalue weighted by molar-refractivity contribution is 5.70. The number of esters is 2. The number of phenols is 1. The molecule has 2 aromatic rings. The van der Waals surface area contributed by atoms with Crippen LogP contribution in [0.4, 0.5) is 0 Å². The van der Waals surface area contributed by atoms with Gasteiger partial charge >= 0.3 is 11.9 Å². The van der Waals surface area contributed by atoms with Crippen LogP contribution >= 0.6 is 0 Å². The van der Waals surface area contributed by atoms with Gasteiger partial charge in [-0.15, -0.1) is 0 Å². The van der Waals surface area contributed by atoms with E-state index in [0.29, 0.717) is 38.2 Å². The van der Waals surface area contributed by atoms with Crippen LogP contribution in [0.1, 0.15) is 117 Å². The molecule has 0 aromatic heterocycles. The summed E-state index contributed by atoms with van der Waals surface area (Å²) in [6.45, 7) is 22.2. The molecule has 1 saturated heterocycles. The van der Waals surface area contributed by atoms with Crippen LogP contribution in [0.2, 0.25) is 0 Å². The average Bonchev–Trinajstić information content (AvgIpc) is 2.87. The summed E-state index contributed by atoms with van der Waals surface area (Å²) in [7, 11) is 0. The minimum atomic E-state index is -0.225. The molecule has 0 bridgehead atoms. The van der Waals surface area contributed by atoms with E-state index < -0.39 is 0 Å². The fourth-order valence-electron chi connectivity index (χ4n) is 6.60. The number of likely N-dealkylation sites (tertiary alicyclic amines) is 1. The molecule has 1 fully saturated rings. The SMILES string of the molecule is CC(C)(C)c1cc(CCC(=O)OCCN2C(C)(C)CC(OC(=O)CCc3ccccc3)CC2(C)C)cc(C(C)(C)C)c1O. The van der Waals surface area contributed by atoms with E-state index in [1.54, 1.807) is 0 Å². The highest BCUT2D eigenvalue weighted by atomic mass is 16.5. The molecular formula is C37H55NO5. The Balaban J connectivity index is 1.53. The normalized spacial score (nSPS) is 17.4. The molecule has 1 aliphatic rings. The Labute approximate surface area is 260 Å². The van der Waals surface area contributed by atoms with Crippen LogP contribution in [-0.2, 0) is 42.7 Å². The van der Waals surface area contributed by atoms with Gasteiger partial charge in [-0.25, -0.2) is 0 Å². The lowest BCUT2D eigenvalue weighted by atomic mass is 9.78. The molecule has 1 N–H and O–H groups in total. The highest BCUT2D eigenvalue weighted by Crippen LogP contribution is 2.41. The van der Waals surface area contributed by atoms with Crippen molar-refractivity contribution in [1.29, 1.82) is 0 Å². The maximum atomic E-state index is 12.8. The van der Waals surface area contributed by atoms with Gasteiger partial charge in [-0.1, -0.05) is 84.0 Å². The summed E-state index contributed by atoms with van der Waals surface area (Å²) in [5.74, 6) is -0.0245. The zero-order chi connectivity index (χ0) is 32.2. The van der Waals surface area contributed by atoms with Gasteiger partial charge in [0.2, 0.25) is 0 Å². The van der Waals surface area contributed by atoms with E-state index in [0.717, 1.165) is 35.1 Å². The van der Waals surface area contributed by atoms with Crippen molar-refractivity contribution in [3.8, 4) is 5.75 Å². The van der Waals surface area contributed by atoms with Gasteiger partial charge in [0, 0.05) is 43.3 Å². The Morgan fingerprint density at radius 3 is 1.81 bits per heavy atom. The fraction of sp³-hybridized carbons (Fsp3) is 0.622. The maximum Gasteiger partial charge on any atom is 0.306 e. The Hall–Kier alpha value is -2.86. The molecule has 2 aromatic carbocycles. The lowest BCUT2D eigenvalue weighted by Gasteiger charge is -2.54. The predicted molar refractivity (Wildman–Crippen MR) is 174 cm³/mol. The molecule has 6 nitrogen and oxygen atoms in total. The molecule has 3 rings (SSSR count). The van der Waals surface area contributed by atoms with Gasteiger partial charge in [0.25, 0.3) is 0 Å². The third kappa shape index (κ3) is 9.56. The first kappa shape index (κ1) is 34.6. The summed E-state index contributed by atoms with van der Waals surface area (Å²) in [5.41, 5.74) is 3.09. The molecule has 238 valence electrons. The first-order chi connectivity index (χ1) is 19.8. The molecule has 43 heavy (non-hydrogen) atoms. The molecule has 0 amide bonds. The number of benzene rings is 2. The lowest BCUT2D eigenvalue weighted by Crippen LogP contribution is -2.63. The minimum absolute atomic E-state index is 0.145. The summed E-state index contributed by atoms with van der Waals surface area (Å²) >= 11 is 0. The third-order valence-electron chi connectivity index (χ3n) is 8.66. The first-order valence-electron chi connectivity index (χ1n) is 15.8. The predicted octanol–water partition coefficient (Wildman–Crippen LogP) is 7.66. The fourth-order valence-corrected chi connectivity index (χ4v) is 6.60. The smallest absolute Gasteiger partial charge is 0.306 e. The molecule has 1 aliphatic heterocycles. The summed E-state index contributed by atoms with van der Waals surface area (Å²) in [5, 5.41) is 11.0. The number of carbonyl (C=O) groups excluding carboxylic acids is 2. The van der Waals surface area contributed by atoms with Crippen LogP contribution in [0.5, 0.6) is 5.75 Å². The van der Waals surface area contributed by atoms with Crippen molar-refractivity contribution in [3.05, 3.63) is 64.7 Å². The molecular weight excluding hydrogens is 538 g/mol. The number of piperidine rings is 1. The molecule has 6 heteroatoms. The van der Waals surface area contributed by atoms with Gasteiger partial charge in [0.15, 0.2) is 0 Å². The number of carbonyl (C=O) groups is 2. The van der Waals surface area contributed by atoms with E-state index >= 15 is 0 Å². The number of aromatic hydroxyl groups is 1. The Morgan fingerprint density at radius 1 is 0.814 bits per heavy atom. The summed E-state index contributed by atoms with van der Waals surface area (Å²) in [6, 6.07) is 14.1. The molecule has 0 unspecified atom stereocenters. The Morgan fingerprint density at radius 2 is 1.30 bits per heavy atom. The van der Waals surface area contributed by atoms with E-state index in [2.05, 4.69) is 74.1 Å². The topological polar surface area (TPSA) is 76.1 Å². The molecule has 0 atom stereocenters. The lowest BCUT2D eigenvalue weighted by molar-refractivity contribution is -0.163. The van der Waals surface area contributed by atoms with Crippen molar-refractivity contribution < 1.29 is 24.2 Å². The largest absolute Gasteiger partial charge is 0.507 e. The number of hydrogen-bond donors (Lipinski definition) is 1. The average molecular weight is 594 g/mol. The monoisotopic (exact) mass is 593 g/mol. The molecule has 0 aliphatic carbocycles. The highest BCUT2D eigenvalue weighted by Gasteiger charge is 2.46. The third-order valence-corrected chi connectivity index (χ3v) is 8.66.